The summed E-state index contributed by atoms with van der Waals surface area (Å²) in [5.74, 6) is 1.55. The van der Waals surface area contributed by atoms with Gasteiger partial charge in [-0.05, 0) is 55.5 Å². The van der Waals surface area contributed by atoms with Crippen molar-refractivity contribution < 1.29 is 13.2 Å². The standard InChI is InChI=1S/C20H19N3O3S2/c21-13-17-5-6-18(27-17)26-16-3-1-14(2-4-16)20-9-7-15(8-10-20)23-11-12-28(24,25)22-19(20)23/h1-6,15H,7-12H2. The molecule has 2 aromatic rings. The maximum Gasteiger partial charge on any atom is 0.256 e. The fourth-order valence-corrected chi connectivity index (χ4v) is 6.44. The Hall–Kier alpha value is -2.37. The minimum Gasteiger partial charge on any atom is -0.447 e. The molecule has 2 saturated heterocycles. The molecule has 4 heterocycles. The summed E-state index contributed by atoms with van der Waals surface area (Å²) in [5, 5.41) is 9.61. The lowest BCUT2D eigenvalue weighted by atomic mass is 9.63. The van der Waals surface area contributed by atoms with Crippen molar-refractivity contribution >= 4 is 27.2 Å². The fraction of sp³-hybridized carbons (Fsp3) is 0.400. The summed E-state index contributed by atoms with van der Waals surface area (Å²) in [4.78, 5) is 2.84. The predicted octanol–water partition coefficient (Wildman–Crippen LogP) is 3.65. The van der Waals surface area contributed by atoms with Crippen LogP contribution >= 0.6 is 11.3 Å². The number of rotatable bonds is 3. The molecular formula is C20H19N3O3S2. The molecule has 144 valence electrons. The lowest BCUT2D eigenvalue weighted by Gasteiger charge is -2.55. The first-order valence-corrected chi connectivity index (χ1v) is 11.8. The van der Waals surface area contributed by atoms with Crippen LogP contribution in [-0.2, 0) is 15.4 Å². The fourth-order valence-electron chi connectivity index (χ4n) is 4.71. The number of fused-ring (bicyclic) bond motifs is 2. The molecule has 6 rings (SSSR count). The molecule has 0 radical (unpaired) electrons. The van der Waals surface area contributed by atoms with Crippen LogP contribution < -0.4 is 4.74 Å². The summed E-state index contributed by atoms with van der Waals surface area (Å²) in [7, 11) is -3.37. The molecule has 0 unspecified atom stereocenters. The molecule has 6 nitrogen and oxygen atoms in total. The second kappa shape index (κ2) is 6.33. The minimum atomic E-state index is -3.37. The van der Waals surface area contributed by atoms with Crippen molar-refractivity contribution in [3.8, 4) is 16.9 Å². The van der Waals surface area contributed by atoms with E-state index in [1.165, 1.54) is 11.3 Å². The zero-order valence-electron chi connectivity index (χ0n) is 15.2. The van der Waals surface area contributed by atoms with Crippen LogP contribution in [0.25, 0.3) is 0 Å². The van der Waals surface area contributed by atoms with Crippen LogP contribution in [0.3, 0.4) is 0 Å². The number of thiophene rings is 1. The quantitative estimate of drug-likeness (QED) is 0.767. The molecule has 0 spiro atoms. The number of benzene rings is 1. The van der Waals surface area contributed by atoms with E-state index in [0.717, 1.165) is 37.1 Å². The molecule has 4 aliphatic rings. The molecule has 3 fully saturated rings. The highest BCUT2D eigenvalue weighted by atomic mass is 32.2. The van der Waals surface area contributed by atoms with E-state index in [0.29, 0.717) is 28.3 Å². The molecule has 1 aromatic heterocycles. The number of ether oxygens (including phenoxy) is 1. The van der Waals surface area contributed by atoms with Gasteiger partial charge >= 0.3 is 0 Å². The van der Waals surface area contributed by atoms with Crippen molar-refractivity contribution in [1.29, 1.82) is 5.26 Å². The van der Waals surface area contributed by atoms with Crippen molar-refractivity contribution in [3.05, 3.63) is 46.8 Å². The third kappa shape index (κ3) is 2.81. The van der Waals surface area contributed by atoms with E-state index in [2.05, 4.69) is 15.4 Å². The van der Waals surface area contributed by atoms with E-state index in [-0.39, 0.29) is 11.2 Å². The van der Waals surface area contributed by atoms with Gasteiger partial charge in [-0.2, -0.15) is 5.26 Å². The number of piperidine rings is 2. The zero-order valence-corrected chi connectivity index (χ0v) is 16.8. The summed E-state index contributed by atoms with van der Waals surface area (Å²) >= 11 is 1.31. The van der Waals surface area contributed by atoms with Crippen molar-refractivity contribution in [3.63, 3.8) is 0 Å². The number of hydrogen-bond acceptors (Lipinski definition) is 6. The predicted molar refractivity (Wildman–Crippen MR) is 107 cm³/mol. The van der Waals surface area contributed by atoms with Gasteiger partial charge in [0.2, 0.25) is 0 Å². The van der Waals surface area contributed by atoms with E-state index in [9.17, 15) is 8.42 Å². The van der Waals surface area contributed by atoms with Crippen LogP contribution in [0.5, 0.6) is 10.8 Å². The Labute approximate surface area is 168 Å². The van der Waals surface area contributed by atoms with Crippen LogP contribution in [0.2, 0.25) is 0 Å². The topological polar surface area (TPSA) is 82.8 Å². The molecular weight excluding hydrogens is 394 g/mol. The maximum absolute atomic E-state index is 12.2. The van der Waals surface area contributed by atoms with Crippen molar-refractivity contribution in [1.82, 2.24) is 4.90 Å². The monoisotopic (exact) mass is 413 g/mol. The van der Waals surface area contributed by atoms with Gasteiger partial charge in [-0.1, -0.05) is 23.5 Å². The van der Waals surface area contributed by atoms with Crippen LogP contribution in [0.15, 0.2) is 40.8 Å². The van der Waals surface area contributed by atoms with Crippen LogP contribution in [0.1, 0.15) is 36.1 Å². The van der Waals surface area contributed by atoms with Gasteiger partial charge in [-0.25, -0.2) is 8.42 Å². The van der Waals surface area contributed by atoms with Gasteiger partial charge in [0.05, 0.1) is 11.2 Å². The molecule has 1 saturated carbocycles. The lowest BCUT2D eigenvalue weighted by molar-refractivity contribution is 0.151. The molecule has 1 aliphatic carbocycles. The van der Waals surface area contributed by atoms with Gasteiger partial charge < -0.3 is 9.64 Å². The highest BCUT2D eigenvalue weighted by molar-refractivity contribution is 7.90. The third-order valence-corrected chi connectivity index (χ3v) is 8.10. The Morgan fingerprint density at radius 2 is 1.93 bits per heavy atom. The summed E-state index contributed by atoms with van der Waals surface area (Å²) in [6.07, 6.45) is 4.01. The van der Waals surface area contributed by atoms with Crippen LogP contribution in [0.4, 0.5) is 0 Å². The lowest BCUT2D eigenvalue weighted by Crippen LogP contribution is -2.62. The average Bonchev–Trinajstić information content (AvgIpc) is 3.16. The summed E-state index contributed by atoms with van der Waals surface area (Å²) in [5.41, 5.74) is 0.778. The Morgan fingerprint density at radius 1 is 1.18 bits per heavy atom. The highest BCUT2D eigenvalue weighted by Gasteiger charge is 2.52. The Kier molecular flexibility index (Phi) is 4.00. The molecule has 3 aliphatic heterocycles. The Morgan fingerprint density at radius 3 is 2.61 bits per heavy atom. The summed E-state index contributed by atoms with van der Waals surface area (Å²) in [6, 6.07) is 13.9. The van der Waals surface area contributed by atoms with Crippen LogP contribution in [0, 0.1) is 11.3 Å². The normalized spacial score (nSPS) is 27.6. The minimum absolute atomic E-state index is 0.112. The van der Waals surface area contributed by atoms with E-state index in [4.69, 9.17) is 10.00 Å². The van der Waals surface area contributed by atoms with Gasteiger partial charge in [0.15, 0.2) is 5.06 Å². The molecule has 28 heavy (non-hydrogen) atoms. The molecule has 0 atom stereocenters. The van der Waals surface area contributed by atoms with Crippen molar-refractivity contribution in [2.45, 2.75) is 37.1 Å². The van der Waals surface area contributed by atoms with E-state index in [1.54, 1.807) is 12.1 Å². The van der Waals surface area contributed by atoms with E-state index < -0.39 is 10.0 Å². The van der Waals surface area contributed by atoms with E-state index in [1.807, 2.05) is 24.3 Å². The van der Waals surface area contributed by atoms with Crippen LogP contribution in [-0.4, -0.2) is 37.5 Å². The molecule has 8 heteroatoms. The number of sulfonamides is 1. The maximum atomic E-state index is 12.2. The zero-order chi connectivity index (χ0) is 19.4. The van der Waals surface area contributed by atoms with Gasteiger partial charge in [0.25, 0.3) is 10.0 Å². The molecule has 0 amide bonds. The van der Waals surface area contributed by atoms with Gasteiger partial charge in [0.1, 0.15) is 22.5 Å². The summed E-state index contributed by atoms with van der Waals surface area (Å²) < 4.78 is 34.4. The third-order valence-electron chi connectivity index (χ3n) is 6.08. The number of nitriles is 1. The molecule has 1 aromatic carbocycles. The molecule has 2 bridgehead atoms. The largest absolute Gasteiger partial charge is 0.447 e. The Balaban J connectivity index is 1.47. The first-order chi connectivity index (χ1) is 13.5. The average molecular weight is 414 g/mol. The first-order valence-electron chi connectivity index (χ1n) is 9.37. The second-order valence-electron chi connectivity index (χ2n) is 7.56. The van der Waals surface area contributed by atoms with Gasteiger partial charge in [-0.15, -0.1) is 4.40 Å². The Bertz CT molecular complexity index is 1090. The van der Waals surface area contributed by atoms with Gasteiger partial charge in [-0.3, -0.25) is 0 Å². The molecule has 0 N–H and O–H groups in total. The highest BCUT2D eigenvalue weighted by Crippen LogP contribution is 2.49. The second-order valence-corrected chi connectivity index (χ2v) is 10.4. The number of hydrogen-bond donors (Lipinski definition) is 0. The van der Waals surface area contributed by atoms with E-state index >= 15 is 0 Å². The summed E-state index contributed by atoms with van der Waals surface area (Å²) in [6.45, 7) is 0.550. The smallest absolute Gasteiger partial charge is 0.256 e. The van der Waals surface area contributed by atoms with Crippen molar-refractivity contribution in [2.24, 2.45) is 4.40 Å². The number of nitrogens with zero attached hydrogens (tertiary/aromatic N) is 3. The van der Waals surface area contributed by atoms with Crippen molar-refractivity contribution in [2.75, 3.05) is 12.3 Å². The van der Waals surface area contributed by atoms with Gasteiger partial charge in [0, 0.05) is 12.6 Å². The SMILES string of the molecule is N#Cc1ccc(Oc2ccc(C34CCC(CC3)N3CCS(=O)(=O)N=C34)cc2)s1. The first kappa shape index (κ1) is 17.7. The number of amidine groups is 1.